The van der Waals surface area contributed by atoms with Crippen molar-refractivity contribution in [1.29, 1.82) is 0 Å². The van der Waals surface area contributed by atoms with E-state index in [4.69, 9.17) is 26.4 Å². The van der Waals surface area contributed by atoms with Gasteiger partial charge in [0.2, 0.25) is 0 Å². The highest BCUT2D eigenvalue weighted by Crippen LogP contribution is 2.28. The minimum Gasteiger partial charge on any atom is -0.497 e. The van der Waals surface area contributed by atoms with E-state index in [0.717, 1.165) is 5.75 Å². The lowest BCUT2D eigenvalue weighted by atomic mass is 10.1. The maximum atomic E-state index is 13.4. The molecule has 1 heterocycles. The number of nitrogens with zero attached hydrogens (tertiary/aromatic N) is 1. The Kier molecular flexibility index (Phi) is 6.92. The summed E-state index contributed by atoms with van der Waals surface area (Å²) in [6, 6.07) is 26.4. The van der Waals surface area contributed by atoms with Gasteiger partial charge in [-0.25, -0.2) is 4.57 Å². The number of hydrogen-bond acceptors (Lipinski definition) is 6. The summed E-state index contributed by atoms with van der Waals surface area (Å²) in [5.74, 6) is 2.05. The van der Waals surface area contributed by atoms with Crippen LogP contribution in [0.1, 0.15) is 10.4 Å². The van der Waals surface area contributed by atoms with E-state index in [1.807, 2.05) is 30.3 Å². The molecule has 2 N–H and O–H groups in total. The number of carbonyl (C=O) groups excluding carboxylic acids is 1. The third-order valence-electron chi connectivity index (χ3n) is 5.88. The largest absolute Gasteiger partial charge is 0.497 e. The molecule has 0 fully saturated rings. The summed E-state index contributed by atoms with van der Waals surface area (Å²) in [5.41, 5.74) is 1.50. The number of amides is 1. The Morgan fingerprint density at radius 2 is 1.55 bits per heavy atom. The van der Waals surface area contributed by atoms with Crippen LogP contribution in [0.15, 0.2) is 95.8 Å². The number of aromatic nitrogens is 2. The number of para-hydroxylation sites is 1. The van der Waals surface area contributed by atoms with Crippen molar-refractivity contribution in [2.45, 2.75) is 0 Å². The van der Waals surface area contributed by atoms with Crippen molar-refractivity contribution in [2.75, 3.05) is 19.5 Å². The number of benzene rings is 4. The smallest absolute Gasteiger partial charge is 0.266 e. The molecule has 38 heavy (non-hydrogen) atoms. The summed E-state index contributed by atoms with van der Waals surface area (Å²) in [5, 5.41) is 3.22. The SMILES string of the molecule is COc1ccc(OC)c(-n2c(=S)[nH]c3cc(C(=O)Nc4ccc(Oc5ccccc5)cc4)ccc3c2=O)c1. The van der Waals surface area contributed by atoms with Crippen LogP contribution in [0.25, 0.3) is 16.6 Å². The van der Waals surface area contributed by atoms with E-state index in [1.54, 1.807) is 60.7 Å². The first-order valence-electron chi connectivity index (χ1n) is 11.6. The molecular weight excluding hydrogens is 502 g/mol. The number of ether oxygens (including phenoxy) is 3. The Bertz CT molecular complexity index is 1750. The lowest BCUT2D eigenvalue weighted by molar-refractivity contribution is 0.102. The van der Waals surface area contributed by atoms with Gasteiger partial charge in [0, 0.05) is 17.3 Å². The van der Waals surface area contributed by atoms with Gasteiger partial charge >= 0.3 is 0 Å². The Hall–Kier alpha value is -4.89. The van der Waals surface area contributed by atoms with Gasteiger partial charge in [0.05, 0.1) is 30.8 Å². The third kappa shape index (κ3) is 5.00. The van der Waals surface area contributed by atoms with E-state index >= 15 is 0 Å². The predicted molar refractivity (Wildman–Crippen MR) is 149 cm³/mol. The molecule has 9 heteroatoms. The first-order chi connectivity index (χ1) is 18.5. The van der Waals surface area contributed by atoms with E-state index in [2.05, 4.69) is 10.3 Å². The fourth-order valence-corrected chi connectivity index (χ4v) is 4.27. The fourth-order valence-electron chi connectivity index (χ4n) is 3.98. The quantitative estimate of drug-likeness (QED) is 0.249. The highest BCUT2D eigenvalue weighted by atomic mass is 32.1. The van der Waals surface area contributed by atoms with Crippen LogP contribution < -0.4 is 25.1 Å². The van der Waals surface area contributed by atoms with E-state index < -0.39 is 0 Å². The molecule has 0 saturated heterocycles. The van der Waals surface area contributed by atoms with Crippen molar-refractivity contribution in [2.24, 2.45) is 0 Å². The molecule has 0 spiro atoms. The van der Waals surface area contributed by atoms with Gasteiger partial charge in [-0.2, -0.15) is 0 Å². The summed E-state index contributed by atoms with van der Waals surface area (Å²) in [6.45, 7) is 0. The minimum atomic E-state index is -0.351. The second kappa shape index (κ2) is 10.6. The molecule has 0 atom stereocenters. The van der Waals surface area contributed by atoms with Crippen molar-refractivity contribution in [3.63, 3.8) is 0 Å². The molecule has 0 aliphatic rings. The van der Waals surface area contributed by atoms with Gasteiger partial charge in [0.25, 0.3) is 11.5 Å². The minimum absolute atomic E-state index is 0.153. The molecule has 4 aromatic carbocycles. The zero-order valence-electron chi connectivity index (χ0n) is 20.6. The van der Waals surface area contributed by atoms with Crippen LogP contribution in [0.5, 0.6) is 23.0 Å². The first kappa shape index (κ1) is 24.8. The lowest BCUT2D eigenvalue weighted by Gasteiger charge is -2.14. The van der Waals surface area contributed by atoms with E-state index in [-0.39, 0.29) is 16.2 Å². The standard InChI is InChI=1S/C29H23N3O5S/c1-35-22-13-15-26(36-2)25(17-22)32-28(34)23-14-8-18(16-24(23)31-29(32)38)27(33)30-19-9-11-21(12-10-19)37-20-6-4-3-5-7-20/h3-17H,1-2H3,(H,30,33)(H,31,38). The van der Waals surface area contributed by atoms with Gasteiger partial charge in [0.15, 0.2) is 4.77 Å². The molecule has 0 radical (unpaired) electrons. The van der Waals surface area contributed by atoms with Gasteiger partial charge in [-0.3, -0.25) is 9.59 Å². The van der Waals surface area contributed by atoms with Gasteiger partial charge in [-0.1, -0.05) is 18.2 Å². The first-order valence-corrected chi connectivity index (χ1v) is 12.0. The molecule has 5 rings (SSSR count). The number of H-pyrrole nitrogens is 1. The van der Waals surface area contributed by atoms with Gasteiger partial charge in [-0.15, -0.1) is 0 Å². The maximum Gasteiger partial charge on any atom is 0.266 e. The van der Waals surface area contributed by atoms with E-state index in [0.29, 0.717) is 45.1 Å². The number of aromatic amines is 1. The molecule has 0 unspecified atom stereocenters. The normalized spacial score (nSPS) is 10.7. The molecule has 190 valence electrons. The van der Waals surface area contributed by atoms with Crippen LogP contribution in [-0.4, -0.2) is 29.7 Å². The van der Waals surface area contributed by atoms with E-state index in [1.165, 1.54) is 18.8 Å². The highest BCUT2D eigenvalue weighted by molar-refractivity contribution is 7.71. The van der Waals surface area contributed by atoms with Crippen LogP contribution >= 0.6 is 12.2 Å². The van der Waals surface area contributed by atoms with Crippen LogP contribution in [0.4, 0.5) is 5.69 Å². The summed E-state index contributed by atoms with van der Waals surface area (Å²) >= 11 is 5.51. The topological polar surface area (TPSA) is 94.6 Å². The number of hydrogen-bond donors (Lipinski definition) is 2. The molecule has 8 nitrogen and oxygen atoms in total. The summed E-state index contributed by atoms with van der Waals surface area (Å²) in [4.78, 5) is 29.4. The Morgan fingerprint density at radius 3 is 2.26 bits per heavy atom. The number of anilines is 1. The Balaban J connectivity index is 1.41. The van der Waals surface area contributed by atoms with Gasteiger partial charge in [0.1, 0.15) is 23.0 Å². The fraction of sp³-hybridized carbons (Fsp3) is 0.0690. The van der Waals surface area contributed by atoms with E-state index in [9.17, 15) is 9.59 Å². The Labute approximate surface area is 223 Å². The number of fused-ring (bicyclic) bond motifs is 1. The van der Waals surface area contributed by atoms with Crippen molar-refractivity contribution >= 4 is 34.7 Å². The average Bonchev–Trinajstić information content (AvgIpc) is 2.94. The summed E-state index contributed by atoms with van der Waals surface area (Å²) in [7, 11) is 3.05. The number of rotatable bonds is 7. The molecule has 0 saturated carbocycles. The molecule has 0 bridgehead atoms. The predicted octanol–water partition coefficient (Wildman–Crippen LogP) is 6.11. The highest BCUT2D eigenvalue weighted by Gasteiger charge is 2.15. The number of carbonyl (C=O) groups is 1. The van der Waals surface area contributed by atoms with Crippen LogP contribution in [0.3, 0.4) is 0 Å². The number of nitrogens with one attached hydrogen (secondary N) is 2. The van der Waals surface area contributed by atoms with Crippen LogP contribution in [-0.2, 0) is 0 Å². The van der Waals surface area contributed by atoms with Crippen molar-refractivity contribution in [3.8, 4) is 28.7 Å². The second-order valence-corrected chi connectivity index (χ2v) is 8.65. The molecule has 0 aliphatic heterocycles. The van der Waals surface area contributed by atoms with Crippen LogP contribution in [0.2, 0.25) is 0 Å². The average molecular weight is 526 g/mol. The second-order valence-electron chi connectivity index (χ2n) is 8.26. The molecule has 1 amide bonds. The third-order valence-corrected chi connectivity index (χ3v) is 6.16. The molecule has 1 aromatic heterocycles. The van der Waals surface area contributed by atoms with Crippen molar-refractivity contribution in [3.05, 3.63) is 112 Å². The summed E-state index contributed by atoms with van der Waals surface area (Å²) < 4.78 is 18.0. The lowest BCUT2D eigenvalue weighted by Crippen LogP contribution is -2.21. The zero-order valence-corrected chi connectivity index (χ0v) is 21.4. The molecule has 0 aliphatic carbocycles. The number of methoxy groups -OCH3 is 2. The zero-order chi connectivity index (χ0) is 26.6. The molecule has 5 aromatic rings. The monoisotopic (exact) mass is 525 g/mol. The summed E-state index contributed by atoms with van der Waals surface area (Å²) in [6.07, 6.45) is 0. The van der Waals surface area contributed by atoms with Crippen molar-refractivity contribution < 1.29 is 19.0 Å². The Morgan fingerprint density at radius 1 is 0.842 bits per heavy atom. The maximum absolute atomic E-state index is 13.4. The van der Waals surface area contributed by atoms with Gasteiger partial charge < -0.3 is 24.5 Å². The molecular formula is C29H23N3O5S. The van der Waals surface area contributed by atoms with Crippen molar-refractivity contribution in [1.82, 2.24) is 9.55 Å². The van der Waals surface area contributed by atoms with Gasteiger partial charge in [-0.05, 0) is 78.9 Å². The van der Waals surface area contributed by atoms with Crippen LogP contribution in [0, 0.1) is 4.77 Å².